The molecule has 1 aliphatic heterocycles. The maximum Gasteiger partial charge on any atom is 0.194 e. The van der Waals surface area contributed by atoms with Gasteiger partial charge in [0.25, 0.3) is 0 Å². The lowest BCUT2D eigenvalue weighted by Crippen LogP contribution is -2.48. The molecule has 0 saturated carbocycles. The molecular weight excluding hydrogens is 246 g/mol. The van der Waals surface area contributed by atoms with Gasteiger partial charge in [-0.3, -0.25) is 0 Å². The van der Waals surface area contributed by atoms with E-state index in [1.54, 1.807) is 0 Å². The van der Waals surface area contributed by atoms with Gasteiger partial charge in [0.15, 0.2) is 17.5 Å². The first-order valence-corrected chi connectivity index (χ1v) is 6.03. The van der Waals surface area contributed by atoms with Gasteiger partial charge in [-0.05, 0) is 30.7 Å². The van der Waals surface area contributed by atoms with E-state index in [0.717, 1.165) is 25.1 Å². The van der Waals surface area contributed by atoms with E-state index < -0.39 is 23.6 Å². The van der Waals surface area contributed by atoms with Gasteiger partial charge >= 0.3 is 0 Å². The fourth-order valence-corrected chi connectivity index (χ4v) is 2.30. The van der Waals surface area contributed by atoms with Gasteiger partial charge in [0, 0.05) is 19.0 Å². The van der Waals surface area contributed by atoms with Crippen molar-refractivity contribution in [1.82, 2.24) is 4.90 Å². The van der Waals surface area contributed by atoms with Gasteiger partial charge in [-0.15, -0.1) is 0 Å². The van der Waals surface area contributed by atoms with Crippen LogP contribution in [0.25, 0.3) is 0 Å². The van der Waals surface area contributed by atoms with Crippen LogP contribution in [0.1, 0.15) is 25.1 Å². The molecule has 2 rings (SSSR count). The average molecular weight is 261 g/mol. The van der Waals surface area contributed by atoms with E-state index in [1.165, 1.54) is 0 Å². The molecule has 1 atom stereocenters. The molecule has 18 heavy (non-hydrogen) atoms. The van der Waals surface area contributed by atoms with Crippen molar-refractivity contribution in [2.75, 3.05) is 19.6 Å². The lowest BCUT2D eigenvalue weighted by Gasteiger charge is -2.40. The zero-order valence-electron chi connectivity index (χ0n) is 10.1. The fourth-order valence-electron chi connectivity index (χ4n) is 2.30. The normalized spacial score (nSPS) is 18.7. The topological polar surface area (TPSA) is 3.24 Å². The summed E-state index contributed by atoms with van der Waals surface area (Å²) in [4.78, 5) is 2.08. The van der Waals surface area contributed by atoms with Gasteiger partial charge in [0.1, 0.15) is 6.17 Å². The smallest absolute Gasteiger partial charge is 0.194 e. The van der Waals surface area contributed by atoms with Crippen LogP contribution in [0.4, 0.5) is 17.6 Å². The molecule has 0 aliphatic carbocycles. The van der Waals surface area contributed by atoms with E-state index in [2.05, 4.69) is 4.90 Å². The molecule has 1 aromatic rings. The standard InChI is InChI=1S/C13H15F4N/c1-2-3-18-6-9(7-18)12(16)8-4-10(14)13(17)11(15)5-8/h4-5,9,12H,2-3,6-7H2,1H3. The first-order valence-electron chi connectivity index (χ1n) is 6.03. The zero-order valence-corrected chi connectivity index (χ0v) is 10.1. The minimum atomic E-state index is -1.55. The number of hydrogen-bond acceptors (Lipinski definition) is 1. The van der Waals surface area contributed by atoms with Crippen LogP contribution in [0.15, 0.2) is 12.1 Å². The summed E-state index contributed by atoms with van der Waals surface area (Å²) < 4.78 is 52.7. The lowest BCUT2D eigenvalue weighted by molar-refractivity contribution is 0.0382. The molecule has 1 fully saturated rings. The van der Waals surface area contributed by atoms with Crippen LogP contribution in [0, 0.1) is 23.4 Å². The van der Waals surface area contributed by atoms with Crippen molar-refractivity contribution in [3.8, 4) is 0 Å². The second kappa shape index (κ2) is 5.26. The average Bonchev–Trinajstić information content (AvgIpc) is 2.28. The molecule has 1 aromatic carbocycles. The Morgan fingerprint density at radius 2 is 1.78 bits per heavy atom. The second-order valence-corrected chi connectivity index (χ2v) is 4.72. The molecule has 0 amide bonds. The van der Waals surface area contributed by atoms with Crippen molar-refractivity contribution in [3.63, 3.8) is 0 Å². The number of benzene rings is 1. The number of likely N-dealkylation sites (tertiary alicyclic amines) is 1. The van der Waals surface area contributed by atoms with E-state index in [1.807, 2.05) is 6.92 Å². The van der Waals surface area contributed by atoms with E-state index in [0.29, 0.717) is 13.1 Å². The van der Waals surface area contributed by atoms with Crippen LogP contribution in [0.5, 0.6) is 0 Å². The quantitative estimate of drug-likeness (QED) is 0.592. The van der Waals surface area contributed by atoms with E-state index in [9.17, 15) is 17.6 Å². The van der Waals surface area contributed by atoms with E-state index in [4.69, 9.17) is 0 Å². The van der Waals surface area contributed by atoms with Crippen molar-refractivity contribution in [2.24, 2.45) is 5.92 Å². The Labute approximate surface area is 103 Å². The predicted molar refractivity (Wildman–Crippen MR) is 60.4 cm³/mol. The molecule has 0 N–H and O–H groups in total. The summed E-state index contributed by atoms with van der Waals surface area (Å²) in [5.74, 6) is -4.48. The van der Waals surface area contributed by atoms with Gasteiger partial charge in [0.2, 0.25) is 0 Å². The van der Waals surface area contributed by atoms with Crippen LogP contribution >= 0.6 is 0 Å². The predicted octanol–water partition coefficient (Wildman–Crippen LogP) is 3.46. The van der Waals surface area contributed by atoms with Crippen LogP contribution in [0.3, 0.4) is 0 Å². The molecule has 0 radical (unpaired) electrons. The van der Waals surface area contributed by atoms with Crippen molar-refractivity contribution >= 4 is 0 Å². The Morgan fingerprint density at radius 3 is 2.28 bits per heavy atom. The highest BCUT2D eigenvalue weighted by Crippen LogP contribution is 2.34. The molecule has 5 heteroatoms. The van der Waals surface area contributed by atoms with Crippen LogP contribution in [-0.2, 0) is 0 Å². The largest absolute Gasteiger partial charge is 0.302 e. The highest BCUT2D eigenvalue weighted by atomic mass is 19.2. The van der Waals surface area contributed by atoms with Gasteiger partial charge < -0.3 is 4.90 Å². The minimum absolute atomic E-state index is 0.118. The van der Waals surface area contributed by atoms with Gasteiger partial charge in [-0.25, -0.2) is 17.6 Å². The highest BCUT2D eigenvalue weighted by molar-refractivity contribution is 5.23. The molecule has 1 unspecified atom stereocenters. The Balaban J connectivity index is 2.04. The van der Waals surface area contributed by atoms with E-state index >= 15 is 0 Å². The number of halogens is 4. The molecular formula is C13H15F4N. The Kier molecular flexibility index (Phi) is 3.90. The third-order valence-corrected chi connectivity index (χ3v) is 3.26. The van der Waals surface area contributed by atoms with Crippen LogP contribution in [-0.4, -0.2) is 24.5 Å². The van der Waals surface area contributed by atoms with Crippen LogP contribution in [0.2, 0.25) is 0 Å². The van der Waals surface area contributed by atoms with E-state index in [-0.39, 0.29) is 11.5 Å². The zero-order chi connectivity index (χ0) is 13.3. The van der Waals surface area contributed by atoms with Gasteiger partial charge in [-0.1, -0.05) is 6.92 Å². The molecule has 1 aliphatic rings. The summed E-state index contributed by atoms with van der Waals surface area (Å²) in [5.41, 5.74) is -0.118. The molecule has 0 aromatic heterocycles. The SMILES string of the molecule is CCCN1CC(C(F)c2cc(F)c(F)c(F)c2)C1. The van der Waals surface area contributed by atoms with Crippen molar-refractivity contribution < 1.29 is 17.6 Å². The molecule has 1 heterocycles. The summed E-state index contributed by atoms with van der Waals surface area (Å²) in [6, 6.07) is 1.48. The van der Waals surface area contributed by atoms with Crippen molar-refractivity contribution in [3.05, 3.63) is 35.1 Å². The number of hydrogen-bond donors (Lipinski definition) is 0. The van der Waals surface area contributed by atoms with Gasteiger partial charge in [0.05, 0.1) is 0 Å². The Hall–Kier alpha value is -1.10. The molecule has 0 bridgehead atoms. The molecule has 1 saturated heterocycles. The summed E-state index contributed by atoms with van der Waals surface area (Å²) in [6.45, 7) is 4.09. The van der Waals surface area contributed by atoms with Gasteiger partial charge in [-0.2, -0.15) is 0 Å². The summed E-state index contributed by atoms with van der Waals surface area (Å²) in [5, 5.41) is 0. The van der Waals surface area contributed by atoms with Crippen molar-refractivity contribution in [1.29, 1.82) is 0 Å². The monoisotopic (exact) mass is 261 g/mol. The first-order chi connectivity index (χ1) is 8.52. The molecule has 1 nitrogen and oxygen atoms in total. The summed E-state index contributed by atoms with van der Waals surface area (Å²) >= 11 is 0. The number of alkyl halides is 1. The third kappa shape index (κ3) is 2.51. The Morgan fingerprint density at radius 1 is 1.22 bits per heavy atom. The molecule has 0 spiro atoms. The van der Waals surface area contributed by atoms with Crippen LogP contribution < -0.4 is 0 Å². The highest BCUT2D eigenvalue weighted by Gasteiger charge is 2.34. The summed E-state index contributed by atoms with van der Waals surface area (Å²) in [7, 11) is 0. The maximum absolute atomic E-state index is 14.0. The second-order valence-electron chi connectivity index (χ2n) is 4.72. The van der Waals surface area contributed by atoms with Crippen molar-refractivity contribution in [2.45, 2.75) is 19.5 Å². The third-order valence-electron chi connectivity index (χ3n) is 3.26. The first kappa shape index (κ1) is 13.3. The number of rotatable bonds is 4. The minimum Gasteiger partial charge on any atom is -0.302 e. The Bertz CT molecular complexity index is 406. The lowest BCUT2D eigenvalue weighted by atomic mass is 9.90. The maximum atomic E-state index is 14.0. The molecule has 100 valence electrons. The number of nitrogens with zero attached hydrogens (tertiary/aromatic N) is 1. The summed E-state index contributed by atoms with van der Waals surface area (Å²) in [6.07, 6.45) is -0.452. The fraction of sp³-hybridized carbons (Fsp3) is 0.538.